The van der Waals surface area contributed by atoms with Crippen molar-refractivity contribution < 1.29 is 9.90 Å². The van der Waals surface area contributed by atoms with Crippen molar-refractivity contribution in [2.75, 3.05) is 11.9 Å². The number of nitrogens with one attached hydrogen (secondary N) is 1. The van der Waals surface area contributed by atoms with Gasteiger partial charge in [0.05, 0.1) is 24.9 Å². The largest absolute Gasteiger partial charge is 0.396 e. The van der Waals surface area contributed by atoms with E-state index in [2.05, 4.69) is 16.4 Å². The summed E-state index contributed by atoms with van der Waals surface area (Å²) in [4.78, 5) is 14.7. The molecule has 12 heavy (non-hydrogen) atoms. The van der Waals surface area contributed by atoms with Gasteiger partial charge >= 0.3 is 0 Å². The summed E-state index contributed by atoms with van der Waals surface area (Å²) < 4.78 is 0. The zero-order chi connectivity index (χ0) is 8.81. The van der Waals surface area contributed by atoms with Crippen LogP contribution in [0.1, 0.15) is 6.42 Å². The van der Waals surface area contributed by atoms with Gasteiger partial charge in [0.1, 0.15) is 0 Å². The number of rotatable bonds is 3. The van der Waals surface area contributed by atoms with Crippen LogP contribution in [0.4, 0.5) is 5.69 Å². The monoisotopic (exact) mass is 165 g/mol. The van der Waals surface area contributed by atoms with Crippen LogP contribution >= 0.6 is 0 Å². The summed E-state index contributed by atoms with van der Waals surface area (Å²) in [6, 6.07) is 4.33. The Bertz CT molecular complexity index is 248. The van der Waals surface area contributed by atoms with Crippen molar-refractivity contribution >= 4 is 11.6 Å². The van der Waals surface area contributed by atoms with Gasteiger partial charge in [0.25, 0.3) is 0 Å². The maximum atomic E-state index is 10.9. The number of aliphatic hydroxyl groups is 1. The van der Waals surface area contributed by atoms with E-state index in [1.165, 1.54) is 12.4 Å². The first-order valence-electron chi connectivity index (χ1n) is 3.55. The quantitative estimate of drug-likeness (QED) is 0.672. The number of amides is 1. The second-order valence-electron chi connectivity index (χ2n) is 2.20. The molecule has 4 heteroatoms. The molecule has 0 unspecified atom stereocenters. The molecular weight excluding hydrogens is 156 g/mol. The SMILES string of the molecule is O=C(CCO)Nc1c[c]cnc1. The molecule has 0 fully saturated rings. The summed E-state index contributed by atoms with van der Waals surface area (Å²) in [7, 11) is 0. The second kappa shape index (κ2) is 4.46. The fourth-order valence-corrected chi connectivity index (χ4v) is 0.718. The fraction of sp³-hybridized carbons (Fsp3) is 0.250. The summed E-state index contributed by atoms with van der Waals surface area (Å²) in [5, 5.41) is 11.0. The van der Waals surface area contributed by atoms with E-state index < -0.39 is 0 Å². The van der Waals surface area contributed by atoms with Crippen LogP contribution in [0.5, 0.6) is 0 Å². The first-order valence-corrected chi connectivity index (χ1v) is 3.55. The van der Waals surface area contributed by atoms with E-state index in [4.69, 9.17) is 5.11 Å². The lowest BCUT2D eigenvalue weighted by Gasteiger charge is -2.01. The summed E-state index contributed by atoms with van der Waals surface area (Å²) >= 11 is 0. The maximum Gasteiger partial charge on any atom is 0.226 e. The molecule has 0 aromatic carbocycles. The van der Waals surface area contributed by atoms with Crippen molar-refractivity contribution in [2.24, 2.45) is 0 Å². The number of anilines is 1. The second-order valence-corrected chi connectivity index (χ2v) is 2.20. The van der Waals surface area contributed by atoms with Gasteiger partial charge in [-0.05, 0) is 6.07 Å². The predicted octanol–water partition coefficient (Wildman–Crippen LogP) is 0.203. The highest BCUT2D eigenvalue weighted by molar-refractivity contribution is 5.90. The van der Waals surface area contributed by atoms with Gasteiger partial charge in [-0.1, -0.05) is 0 Å². The minimum Gasteiger partial charge on any atom is -0.396 e. The van der Waals surface area contributed by atoms with E-state index in [9.17, 15) is 4.79 Å². The van der Waals surface area contributed by atoms with Crippen molar-refractivity contribution in [1.82, 2.24) is 4.98 Å². The molecule has 1 rings (SSSR count). The minimum atomic E-state index is -0.223. The smallest absolute Gasteiger partial charge is 0.226 e. The van der Waals surface area contributed by atoms with Crippen LogP contribution in [0.15, 0.2) is 18.5 Å². The average Bonchev–Trinajstić information content (AvgIpc) is 2.06. The topological polar surface area (TPSA) is 62.2 Å². The summed E-state index contributed by atoms with van der Waals surface area (Å²) in [5.74, 6) is -0.223. The number of carbonyl (C=O) groups is 1. The molecule has 63 valence electrons. The van der Waals surface area contributed by atoms with Gasteiger partial charge in [0.2, 0.25) is 5.91 Å². The lowest BCUT2D eigenvalue weighted by atomic mass is 10.4. The van der Waals surface area contributed by atoms with Gasteiger partial charge in [0, 0.05) is 12.3 Å². The molecule has 4 nitrogen and oxygen atoms in total. The molecule has 0 saturated carbocycles. The van der Waals surface area contributed by atoms with Crippen molar-refractivity contribution in [3.63, 3.8) is 0 Å². The van der Waals surface area contributed by atoms with Crippen LogP contribution in [0.25, 0.3) is 0 Å². The van der Waals surface area contributed by atoms with Gasteiger partial charge in [-0.2, -0.15) is 0 Å². The Kier molecular flexibility index (Phi) is 3.22. The summed E-state index contributed by atoms with van der Waals surface area (Å²) in [6.45, 7) is -0.143. The Balaban J connectivity index is 2.47. The molecule has 0 aliphatic carbocycles. The number of pyridine rings is 1. The highest BCUT2D eigenvalue weighted by Crippen LogP contribution is 2.01. The van der Waals surface area contributed by atoms with Crippen molar-refractivity contribution in [1.29, 1.82) is 0 Å². The number of carbonyl (C=O) groups excluding carboxylic acids is 1. The summed E-state index contributed by atoms with van der Waals surface area (Å²) in [5.41, 5.74) is 0.593. The first-order chi connectivity index (χ1) is 5.83. The molecule has 1 aromatic heterocycles. The molecule has 0 saturated heterocycles. The predicted molar refractivity (Wildman–Crippen MR) is 43.4 cm³/mol. The van der Waals surface area contributed by atoms with E-state index in [1.54, 1.807) is 6.07 Å². The van der Waals surface area contributed by atoms with Crippen molar-refractivity contribution in [3.05, 3.63) is 24.5 Å². The number of nitrogens with zero attached hydrogens (tertiary/aromatic N) is 1. The van der Waals surface area contributed by atoms with Gasteiger partial charge in [-0.3, -0.25) is 9.78 Å². The third-order valence-electron chi connectivity index (χ3n) is 1.22. The summed E-state index contributed by atoms with van der Waals surface area (Å²) in [6.07, 6.45) is 3.13. The lowest BCUT2D eigenvalue weighted by molar-refractivity contribution is -0.116. The Morgan fingerprint density at radius 3 is 3.17 bits per heavy atom. The highest BCUT2D eigenvalue weighted by Gasteiger charge is 1.99. The van der Waals surface area contributed by atoms with E-state index >= 15 is 0 Å². The van der Waals surface area contributed by atoms with E-state index in [1.807, 2.05) is 0 Å². The normalized spacial score (nSPS) is 9.42. The zero-order valence-corrected chi connectivity index (χ0v) is 6.45. The highest BCUT2D eigenvalue weighted by atomic mass is 16.3. The minimum absolute atomic E-state index is 0.106. The number of hydrogen-bond acceptors (Lipinski definition) is 3. The number of aromatic nitrogens is 1. The molecule has 0 spiro atoms. The van der Waals surface area contributed by atoms with Crippen molar-refractivity contribution in [3.8, 4) is 0 Å². The molecule has 1 heterocycles. The van der Waals surface area contributed by atoms with Gasteiger partial charge in [-0.25, -0.2) is 0 Å². The van der Waals surface area contributed by atoms with E-state index in [0.717, 1.165) is 0 Å². The number of hydrogen-bond donors (Lipinski definition) is 2. The molecule has 0 aliphatic rings. The Labute approximate surface area is 70.3 Å². The van der Waals surface area contributed by atoms with Crippen molar-refractivity contribution in [2.45, 2.75) is 6.42 Å². The van der Waals surface area contributed by atoms with Crippen LogP contribution in [-0.2, 0) is 4.79 Å². The first kappa shape index (κ1) is 8.67. The van der Waals surface area contributed by atoms with Gasteiger partial charge in [-0.15, -0.1) is 0 Å². The van der Waals surface area contributed by atoms with Crippen LogP contribution in [0.3, 0.4) is 0 Å². The van der Waals surface area contributed by atoms with Gasteiger partial charge in [0.15, 0.2) is 0 Å². The molecule has 2 N–H and O–H groups in total. The third-order valence-corrected chi connectivity index (χ3v) is 1.22. The van der Waals surface area contributed by atoms with E-state index in [0.29, 0.717) is 5.69 Å². The standard InChI is InChI=1S/C8H9N2O2/c11-5-3-8(12)10-7-2-1-4-9-6-7/h2,4,6,11H,3,5H2,(H,10,12). The molecule has 1 amide bonds. The van der Waals surface area contributed by atoms with E-state index in [-0.39, 0.29) is 18.9 Å². The molecule has 1 aromatic rings. The Hall–Kier alpha value is -1.42. The van der Waals surface area contributed by atoms with Crippen LogP contribution in [0.2, 0.25) is 0 Å². The number of aliphatic hydroxyl groups excluding tert-OH is 1. The molecule has 1 radical (unpaired) electrons. The third kappa shape index (κ3) is 2.67. The van der Waals surface area contributed by atoms with Crippen LogP contribution in [-0.4, -0.2) is 22.6 Å². The average molecular weight is 165 g/mol. The van der Waals surface area contributed by atoms with Gasteiger partial charge < -0.3 is 10.4 Å². The molecule has 0 aliphatic heterocycles. The lowest BCUT2D eigenvalue weighted by Crippen LogP contribution is -2.12. The molecular formula is C8H9N2O2. The maximum absolute atomic E-state index is 10.9. The molecule has 0 atom stereocenters. The van der Waals surface area contributed by atoms with Crippen LogP contribution in [0, 0.1) is 6.07 Å². The Morgan fingerprint density at radius 2 is 2.58 bits per heavy atom. The Morgan fingerprint density at radius 1 is 1.75 bits per heavy atom. The zero-order valence-electron chi connectivity index (χ0n) is 6.45. The fourth-order valence-electron chi connectivity index (χ4n) is 0.718. The van der Waals surface area contributed by atoms with Crippen LogP contribution < -0.4 is 5.32 Å². The molecule has 0 bridgehead atoms.